The zero-order valence-corrected chi connectivity index (χ0v) is 13.7. The van der Waals surface area contributed by atoms with Gasteiger partial charge in [0.25, 0.3) is 0 Å². The summed E-state index contributed by atoms with van der Waals surface area (Å²) in [7, 11) is 0. The topological polar surface area (TPSA) is 38.7 Å². The lowest BCUT2D eigenvalue weighted by atomic mass is 10.1. The van der Waals surface area contributed by atoms with E-state index in [9.17, 15) is 0 Å². The van der Waals surface area contributed by atoms with Crippen LogP contribution >= 0.6 is 23.4 Å². The van der Waals surface area contributed by atoms with Crippen molar-refractivity contribution in [3.63, 3.8) is 0 Å². The number of aromatic nitrogens is 3. The highest BCUT2D eigenvalue weighted by Crippen LogP contribution is 2.29. The standard InChI is InChI=1S/C15H18ClN3S/c1-9(2)14-12(13(16)5-6-17-14)8-20-15-18-10(3)7-11(4)19-15/h5-7,9H,8H2,1-4H3. The molecule has 2 heterocycles. The van der Waals surface area contributed by atoms with Crippen molar-refractivity contribution < 1.29 is 0 Å². The molecule has 0 aliphatic heterocycles. The van der Waals surface area contributed by atoms with Gasteiger partial charge in [-0.1, -0.05) is 37.2 Å². The van der Waals surface area contributed by atoms with E-state index in [-0.39, 0.29) is 0 Å². The Balaban J connectivity index is 2.22. The van der Waals surface area contributed by atoms with Crippen LogP contribution in [0, 0.1) is 13.8 Å². The second kappa shape index (κ2) is 6.55. The van der Waals surface area contributed by atoms with Crippen LogP contribution in [0.2, 0.25) is 5.02 Å². The molecule has 0 aromatic carbocycles. The maximum Gasteiger partial charge on any atom is 0.188 e. The van der Waals surface area contributed by atoms with E-state index < -0.39 is 0 Å². The van der Waals surface area contributed by atoms with Crippen LogP contribution < -0.4 is 0 Å². The van der Waals surface area contributed by atoms with Crippen molar-refractivity contribution in [3.05, 3.63) is 46.0 Å². The van der Waals surface area contributed by atoms with Gasteiger partial charge in [0, 0.05) is 39.6 Å². The zero-order chi connectivity index (χ0) is 14.7. The van der Waals surface area contributed by atoms with Crippen LogP contribution in [0.4, 0.5) is 0 Å². The van der Waals surface area contributed by atoms with Crippen LogP contribution in [0.5, 0.6) is 0 Å². The lowest BCUT2D eigenvalue weighted by Gasteiger charge is -2.12. The van der Waals surface area contributed by atoms with Crippen molar-refractivity contribution in [2.24, 2.45) is 0 Å². The molecule has 0 N–H and O–H groups in total. The van der Waals surface area contributed by atoms with Gasteiger partial charge in [-0.2, -0.15) is 0 Å². The predicted molar refractivity (Wildman–Crippen MR) is 84.4 cm³/mol. The third-order valence-electron chi connectivity index (χ3n) is 2.89. The van der Waals surface area contributed by atoms with Gasteiger partial charge in [0.2, 0.25) is 0 Å². The molecule has 0 amide bonds. The molecule has 106 valence electrons. The van der Waals surface area contributed by atoms with E-state index in [4.69, 9.17) is 11.6 Å². The molecule has 0 spiro atoms. The lowest BCUT2D eigenvalue weighted by Crippen LogP contribution is -2.00. The first-order chi connectivity index (χ1) is 9.47. The molecule has 0 radical (unpaired) electrons. The summed E-state index contributed by atoms with van der Waals surface area (Å²) in [6.07, 6.45) is 1.76. The minimum atomic E-state index is 0.351. The van der Waals surface area contributed by atoms with Gasteiger partial charge in [-0.25, -0.2) is 9.97 Å². The third-order valence-corrected chi connectivity index (χ3v) is 4.11. The molecule has 2 aromatic rings. The van der Waals surface area contributed by atoms with Gasteiger partial charge in [-0.3, -0.25) is 4.98 Å². The lowest BCUT2D eigenvalue weighted by molar-refractivity contribution is 0.809. The Labute approximate surface area is 129 Å². The molecule has 20 heavy (non-hydrogen) atoms. The molecule has 5 heteroatoms. The van der Waals surface area contributed by atoms with E-state index in [0.29, 0.717) is 5.92 Å². The highest BCUT2D eigenvalue weighted by Gasteiger charge is 2.13. The number of aryl methyl sites for hydroxylation is 2. The number of nitrogens with zero attached hydrogens (tertiary/aromatic N) is 3. The minimum absolute atomic E-state index is 0.351. The summed E-state index contributed by atoms with van der Waals surface area (Å²) >= 11 is 7.91. The van der Waals surface area contributed by atoms with Crippen molar-refractivity contribution in [3.8, 4) is 0 Å². The molecule has 0 aliphatic rings. The number of thioether (sulfide) groups is 1. The van der Waals surface area contributed by atoms with Crippen molar-refractivity contribution in [1.82, 2.24) is 15.0 Å². The van der Waals surface area contributed by atoms with Gasteiger partial charge < -0.3 is 0 Å². The molecular formula is C15H18ClN3S. The largest absolute Gasteiger partial charge is 0.261 e. The highest BCUT2D eigenvalue weighted by atomic mass is 35.5. The van der Waals surface area contributed by atoms with E-state index >= 15 is 0 Å². The Bertz CT molecular complexity index is 594. The second-order valence-electron chi connectivity index (χ2n) is 5.03. The first kappa shape index (κ1) is 15.3. The molecule has 2 aromatic heterocycles. The van der Waals surface area contributed by atoms with E-state index in [2.05, 4.69) is 28.8 Å². The summed E-state index contributed by atoms with van der Waals surface area (Å²) in [5, 5.41) is 1.55. The molecule has 0 bridgehead atoms. The molecule has 0 atom stereocenters. The fraction of sp³-hybridized carbons (Fsp3) is 0.400. The molecule has 2 rings (SSSR count). The summed E-state index contributed by atoms with van der Waals surface area (Å²) < 4.78 is 0. The Hall–Kier alpha value is -1.13. The predicted octanol–water partition coefficient (Wildman–Crippen LogP) is 4.56. The van der Waals surface area contributed by atoms with Crippen molar-refractivity contribution in [1.29, 1.82) is 0 Å². The molecule has 0 aliphatic carbocycles. The van der Waals surface area contributed by atoms with Crippen molar-refractivity contribution >= 4 is 23.4 Å². The number of rotatable bonds is 4. The quantitative estimate of drug-likeness (QED) is 0.613. The summed E-state index contributed by atoms with van der Waals surface area (Å²) in [6, 6.07) is 3.81. The zero-order valence-electron chi connectivity index (χ0n) is 12.1. The van der Waals surface area contributed by atoms with E-state index in [1.54, 1.807) is 18.0 Å². The van der Waals surface area contributed by atoms with Crippen LogP contribution in [-0.4, -0.2) is 15.0 Å². The van der Waals surface area contributed by atoms with Crippen LogP contribution in [0.15, 0.2) is 23.5 Å². The molecule has 0 unspecified atom stereocenters. The fourth-order valence-electron chi connectivity index (χ4n) is 2.02. The molecular weight excluding hydrogens is 290 g/mol. The molecule has 0 saturated heterocycles. The smallest absolute Gasteiger partial charge is 0.188 e. The third kappa shape index (κ3) is 3.70. The average Bonchev–Trinajstić information content (AvgIpc) is 2.35. The fourth-order valence-corrected chi connectivity index (χ4v) is 3.31. The number of hydrogen-bond acceptors (Lipinski definition) is 4. The van der Waals surface area contributed by atoms with E-state index in [1.807, 2.05) is 26.0 Å². The van der Waals surface area contributed by atoms with Gasteiger partial charge in [0.1, 0.15) is 0 Å². The Morgan fingerprint density at radius 1 is 1.20 bits per heavy atom. The number of hydrogen-bond donors (Lipinski definition) is 0. The maximum absolute atomic E-state index is 6.31. The summed E-state index contributed by atoms with van der Waals surface area (Å²) in [5.74, 6) is 1.09. The normalized spacial score (nSPS) is 11.1. The van der Waals surface area contributed by atoms with Crippen molar-refractivity contribution in [2.75, 3.05) is 0 Å². The SMILES string of the molecule is Cc1cc(C)nc(SCc2c(Cl)ccnc2C(C)C)n1. The van der Waals surface area contributed by atoms with Gasteiger partial charge >= 0.3 is 0 Å². The van der Waals surface area contributed by atoms with Crippen LogP contribution in [0.3, 0.4) is 0 Å². The second-order valence-corrected chi connectivity index (χ2v) is 6.38. The van der Waals surface area contributed by atoms with Gasteiger partial charge in [-0.05, 0) is 31.9 Å². The van der Waals surface area contributed by atoms with E-state index in [0.717, 1.165) is 38.6 Å². The van der Waals surface area contributed by atoms with Crippen LogP contribution in [-0.2, 0) is 5.75 Å². The minimum Gasteiger partial charge on any atom is -0.261 e. The molecule has 3 nitrogen and oxygen atoms in total. The maximum atomic E-state index is 6.31. The number of pyridine rings is 1. The van der Waals surface area contributed by atoms with Gasteiger partial charge in [0.15, 0.2) is 5.16 Å². The Kier molecular flexibility index (Phi) is 5.00. The monoisotopic (exact) mass is 307 g/mol. The van der Waals surface area contributed by atoms with E-state index in [1.165, 1.54) is 0 Å². The first-order valence-electron chi connectivity index (χ1n) is 6.55. The molecule has 0 saturated carbocycles. The van der Waals surface area contributed by atoms with Gasteiger partial charge in [-0.15, -0.1) is 0 Å². The number of halogens is 1. The van der Waals surface area contributed by atoms with Crippen molar-refractivity contribution in [2.45, 2.75) is 44.5 Å². The van der Waals surface area contributed by atoms with Crippen LogP contribution in [0.25, 0.3) is 0 Å². The average molecular weight is 308 g/mol. The summed E-state index contributed by atoms with van der Waals surface area (Å²) in [6.45, 7) is 8.21. The first-order valence-corrected chi connectivity index (χ1v) is 7.92. The van der Waals surface area contributed by atoms with Crippen LogP contribution in [0.1, 0.15) is 42.4 Å². The van der Waals surface area contributed by atoms with Gasteiger partial charge in [0.05, 0.1) is 0 Å². The molecule has 0 fully saturated rings. The Morgan fingerprint density at radius 3 is 2.45 bits per heavy atom. The Morgan fingerprint density at radius 2 is 1.85 bits per heavy atom. The highest BCUT2D eigenvalue weighted by molar-refractivity contribution is 7.98. The summed E-state index contributed by atoms with van der Waals surface area (Å²) in [5.41, 5.74) is 4.11. The summed E-state index contributed by atoms with van der Waals surface area (Å²) in [4.78, 5) is 13.3.